The van der Waals surface area contributed by atoms with Crippen molar-refractivity contribution >= 4 is 17.7 Å². The minimum atomic E-state index is -1.06. The first-order valence-electron chi connectivity index (χ1n) is 5.74. The van der Waals surface area contributed by atoms with E-state index in [1.165, 1.54) is 18.2 Å². The van der Waals surface area contributed by atoms with Crippen molar-refractivity contribution in [1.29, 1.82) is 0 Å². The highest BCUT2D eigenvalue weighted by atomic mass is 16.5. The van der Waals surface area contributed by atoms with Gasteiger partial charge in [0.15, 0.2) is 12.4 Å². The fourth-order valence-electron chi connectivity index (χ4n) is 1.47. The standard InChI is InChI=1S/C13H12N2O5/c1-8-5-11(15-20-8)14-12(16)7-19-10-4-2-3-9(6-10)13(17)18/h2-6H,7H2,1H3,(H,17,18)(H,14,15,16). The monoisotopic (exact) mass is 276 g/mol. The third-order valence-corrected chi connectivity index (χ3v) is 2.35. The highest BCUT2D eigenvalue weighted by Crippen LogP contribution is 2.13. The fraction of sp³-hybridized carbons (Fsp3) is 0.154. The molecule has 2 N–H and O–H groups in total. The van der Waals surface area contributed by atoms with E-state index in [0.717, 1.165) is 0 Å². The van der Waals surface area contributed by atoms with Crippen molar-refractivity contribution < 1.29 is 24.0 Å². The van der Waals surface area contributed by atoms with Gasteiger partial charge in [-0.1, -0.05) is 11.2 Å². The van der Waals surface area contributed by atoms with Gasteiger partial charge in [0, 0.05) is 6.07 Å². The van der Waals surface area contributed by atoms with E-state index >= 15 is 0 Å². The van der Waals surface area contributed by atoms with Crippen LogP contribution in [0.15, 0.2) is 34.9 Å². The molecule has 2 aromatic rings. The third kappa shape index (κ3) is 3.58. The van der Waals surface area contributed by atoms with Gasteiger partial charge in [-0.25, -0.2) is 4.79 Å². The predicted molar refractivity (Wildman–Crippen MR) is 68.8 cm³/mol. The molecule has 0 saturated carbocycles. The second kappa shape index (κ2) is 5.87. The van der Waals surface area contributed by atoms with E-state index in [1.807, 2.05) is 0 Å². The summed E-state index contributed by atoms with van der Waals surface area (Å²) in [7, 11) is 0. The molecule has 7 heteroatoms. The number of hydrogen-bond donors (Lipinski definition) is 2. The van der Waals surface area contributed by atoms with Crippen LogP contribution in [0.2, 0.25) is 0 Å². The molecule has 7 nitrogen and oxygen atoms in total. The first-order chi connectivity index (χ1) is 9.54. The number of ether oxygens (including phenoxy) is 1. The maximum atomic E-state index is 11.6. The van der Waals surface area contributed by atoms with Gasteiger partial charge in [0.05, 0.1) is 5.56 Å². The molecule has 0 radical (unpaired) electrons. The lowest BCUT2D eigenvalue weighted by Crippen LogP contribution is -2.20. The van der Waals surface area contributed by atoms with Crippen molar-refractivity contribution in [2.24, 2.45) is 0 Å². The van der Waals surface area contributed by atoms with Crippen LogP contribution in [-0.2, 0) is 4.79 Å². The summed E-state index contributed by atoms with van der Waals surface area (Å²) in [6, 6.07) is 7.46. The zero-order valence-corrected chi connectivity index (χ0v) is 10.6. The van der Waals surface area contributed by atoms with Crippen LogP contribution in [0, 0.1) is 6.92 Å². The molecule has 1 heterocycles. The van der Waals surface area contributed by atoms with Crippen molar-refractivity contribution in [3.8, 4) is 5.75 Å². The van der Waals surface area contributed by atoms with Crippen molar-refractivity contribution in [2.75, 3.05) is 11.9 Å². The van der Waals surface area contributed by atoms with Crippen molar-refractivity contribution in [3.63, 3.8) is 0 Å². The molecule has 2 rings (SSSR count). The quantitative estimate of drug-likeness (QED) is 0.861. The second-order valence-electron chi connectivity index (χ2n) is 3.99. The van der Waals surface area contributed by atoms with E-state index in [2.05, 4.69) is 10.5 Å². The average molecular weight is 276 g/mol. The number of anilines is 1. The highest BCUT2D eigenvalue weighted by molar-refractivity contribution is 5.91. The first-order valence-corrected chi connectivity index (χ1v) is 5.74. The number of aryl methyl sites for hydroxylation is 1. The summed E-state index contributed by atoms with van der Waals surface area (Å²) in [4.78, 5) is 22.4. The Morgan fingerprint density at radius 1 is 1.40 bits per heavy atom. The maximum Gasteiger partial charge on any atom is 0.335 e. The predicted octanol–water partition coefficient (Wildman–Crippen LogP) is 1.70. The van der Waals surface area contributed by atoms with Gasteiger partial charge in [-0.05, 0) is 25.1 Å². The number of benzene rings is 1. The summed E-state index contributed by atoms with van der Waals surface area (Å²) in [6.07, 6.45) is 0. The number of carbonyl (C=O) groups is 2. The number of nitrogens with one attached hydrogen (secondary N) is 1. The molecule has 0 aliphatic carbocycles. The van der Waals surface area contributed by atoms with Gasteiger partial charge >= 0.3 is 5.97 Å². The SMILES string of the molecule is Cc1cc(NC(=O)COc2cccc(C(=O)O)c2)no1. The molecule has 1 aromatic carbocycles. The van der Waals surface area contributed by atoms with E-state index in [0.29, 0.717) is 17.3 Å². The Bertz CT molecular complexity index is 635. The zero-order valence-electron chi connectivity index (χ0n) is 10.6. The van der Waals surface area contributed by atoms with Crippen LogP contribution in [0.1, 0.15) is 16.1 Å². The van der Waals surface area contributed by atoms with Gasteiger partial charge in [0.25, 0.3) is 5.91 Å². The van der Waals surface area contributed by atoms with Crippen LogP contribution in [0.25, 0.3) is 0 Å². The summed E-state index contributed by atoms with van der Waals surface area (Å²) in [5, 5.41) is 14.9. The summed E-state index contributed by atoms with van der Waals surface area (Å²) in [5.74, 6) is -0.292. The average Bonchev–Trinajstić information content (AvgIpc) is 2.82. The highest BCUT2D eigenvalue weighted by Gasteiger charge is 2.08. The van der Waals surface area contributed by atoms with Crippen LogP contribution >= 0.6 is 0 Å². The number of carboxylic acid groups (broad SMARTS) is 1. The molecule has 104 valence electrons. The third-order valence-electron chi connectivity index (χ3n) is 2.35. The Kier molecular flexibility index (Phi) is 3.99. The number of carbonyl (C=O) groups excluding carboxylic acids is 1. The van der Waals surface area contributed by atoms with Gasteiger partial charge < -0.3 is 19.7 Å². The number of nitrogens with zero attached hydrogens (tertiary/aromatic N) is 1. The minimum Gasteiger partial charge on any atom is -0.484 e. The summed E-state index contributed by atoms with van der Waals surface area (Å²) >= 11 is 0. The Morgan fingerprint density at radius 2 is 2.20 bits per heavy atom. The van der Waals surface area contributed by atoms with Crippen LogP contribution in [0.5, 0.6) is 5.75 Å². The van der Waals surface area contributed by atoms with Gasteiger partial charge in [-0.3, -0.25) is 4.79 Å². The largest absolute Gasteiger partial charge is 0.484 e. The Balaban J connectivity index is 1.90. The Hall–Kier alpha value is -2.83. The molecular weight excluding hydrogens is 264 g/mol. The van der Waals surface area contributed by atoms with Crippen LogP contribution < -0.4 is 10.1 Å². The van der Waals surface area contributed by atoms with Gasteiger partial charge in [0.2, 0.25) is 0 Å². The summed E-state index contributed by atoms with van der Waals surface area (Å²) in [5.41, 5.74) is 0.0926. The molecular formula is C13H12N2O5. The van der Waals surface area contributed by atoms with Crippen molar-refractivity contribution in [3.05, 3.63) is 41.7 Å². The Morgan fingerprint density at radius 3 is 2.85 bits per heavy atom. The molecule has 20 heavy (non-hydrogen) atoms. The molecule has 0 saturated heterocycles. The lowest BCUT2D eigenvalue weighted by molar-refractivity contribution is -0.118. The number of aromatic nitrogens is 1. The molecule has 0 atom stereocenters. The van der Waals surface area contributed by atoms with E-state index in [9.17, 15) is 9.59 Å². The van der Waals surface area contributed by atoms with Crippen LogP contribution in [0.4, 0.5) is 5.82 Å². The van der Waals surface area contributed by atoms with E-state index in [4.69, 9.17) is 14.4 Å². The molecule has 0 spiro atoms. The molecule has 0 fully saturated rings. The minimum absolute atomic E-state index is 0.0926. The van der Waals surface area contributed by atoms with E-state index in [-0.39, 0.29) is 12.2 Å². The fourth-order valence-corrected chi connectivity index (χ4v) is 1.47. The number of carboxylic acids is 1. The first kappa shape index (κ1) is 13.6. The van der Waals surface area contributed by atoms with Gasteiger partial charge in [-0.2, -0.15) is 0 Å². The normalized spacial score (nSPS) is 10.1. The maximum absolute atomic E-state index is 11.6. The Labute approximate surface area is 114 Å². The number of hydrogen-bond acceptors (Lipinski definition) is 5. The molecule has 0 unspecified atom stereocenters. The molecule has 0 aliphatic heterocycles. The molecule has 1 amide bonds. The van der Waals surface area contributed by atoms with Crippen LogP contribution in [-0.4, -0.2) is 28.7 Å². The second-order valence-corrected chi connectivity index (χ2v) is 3.99. The summed E-state index contributed by atoms with van der Waals surface area (Å²) in [6.45, 7) is 1.45. The lowest BCUT2D eigenvalue weighted by atomic mass is 10.2. The van der Waals surface area contributed by atoms with Crippen molar-refractivity contribution in [2.45, 2.75) is 6.92 Å². The number of amides is 1. The molecule has 0 aliphatic rings. The lowest BCUT2D eigenvalue weighted by Gasteiger charge is -2.06. The molecule has 0 bridgehead atoms. The van der Waals surface area contributed by atoms with E-state index in [1.54, 1.807) is 19.1 Å². The van der Waals surface area contributed by atoms with Crippen LogP contribution in [0.3, 0.4) is 0 Å². The van der Waals surface area contributed by atoms with Gasteiger partial charge in [0.1, 0.15) is 11.5 Å². The van der Waals surface area contributed by atoms with Crippen molar-refractivity contribution in [1.82, 2.24) is 5.16 Å². The number of rotatable bonds is 5. The van der Waals surface area contributed by atoms with Gasteiger partial charge in [-0.15, -0.1) is 0 Å². The molecule has 1 aromatic heterocycles. The number of aromatic carboxylic acids is 1. The topological polar surface area (TPSA) is 102 Å². The van der Waals surface area contributed by atoms with E-state index < -0.39 is 11.9 Å². The zero-order chi connectivity index (χ0) is 14.5. The smallest absolute Gasteiger partial charge is 0.335 e. The summed E-state index contributed by atoms with van der Waals surface area (Å²) < 4.78 is 10.0.